The normalized spacial score (nSPS) is 21.5. The van der Waals surface area contributed by atoms with Crippen molar-refractivity contribution >= 4 is 12.1 Å². The van der Waals surface area contributed by atoms with Crippen LogP contribution in [-0.4, -0.2) is 47.4 Å². The van der Waals surface area contributed by atoms with Gasteiger partial charge in [0.2, 0.25) is 0 Å². The van der Waals surface area contributed by atoms with Gasteiger partial charge in [0.25, 0.3) is 0 Å². The molecule has 1 aliphatic rings. The molecule has 0 aliphatic carbocycles. The van der Waals surface area contributed by atoms with Crippen LogP contribution >= 0.6 is 0 Å². The number of methoxy groups -OCH3 is 1. The average Bonchev–Trinajstić information content (AvgIpc) is 2.20. The Labute approximate surface area is 86.7 Å². The van der Waals surface area contributed by atoms with Gasteiger partial charge in [0, 0.05) is 12.5 Å². The topological polar surface area (TPSA) is 87.1 Å². The number of amides is 1. The van der Waals surface area contributed by atoms with Gasteiger partial charge in [0.15, 0.2) is 0 Å². The minimum absolute atomic E-state index is 0.127. The monoisotopic (exact) mass is 215 g/mol. The first-order chi connectivity index (χ1) is 6.97. The molecule has 1 amide bonds. The second-order valence-corrected chi connectivity index (χ2v) is 3.42. The molecule has 0 saturated carbocycles. The molecule has 0 bridgehead atoms. The van der Waals surface area contributed by atoms with Gasteiger partial charge >= 0.3 is 12.1 Å². The number of carbonyl (C=O) groups excluding carboxylic acids is 1. The Balaban J connectivity index is 2.92. The number of nitrogens with zero attached hydrogens (tertiary/aromatic N) is 1. The van der Waals surface area contributed by atoms with E-state index in [1.807, 2.05) is 0 Å². The van der Waals surface area contributed by atoms with Gasteiger partial charge in [0.1, 0.15) is 5.76 Å². The summed E-state index contributed by atoms with van der Waals surface area (Å²) in [6, 6.07) is 0. The first kappa shape index (κ1) is 11.4. The van der Waals surface area contributed by atoms with Gasteiger partial charge in [-0.05, 0) is 0 Å². The van der Waals surface area contributed by atoms with Gasteiger partial charge in [0.05, 0.1) is 19.2 Å². The van der Waals surface area contributed by atoms with Crippen molar-refractivity contribution < 1.29 is 24.5 Å². The predicted octanol–water partition coefficient (Wildman–Crippen LogP) is 0.601. The van der Waals surface area contributed by atoms with E-state index < -0.39 is 12.1 Å². The molecule has 1 aliphatic heterocycles. The molecule has 1 unspecified atom stereocenters. The first-order valence-corrected chi connectivity index (χ1v) is 4.45. The number of carbonyl (C=O) groups is 2. The fourth-order valence-corrected chi connectivity index (χ4v) is 1.50. The Morgan fingerprint density at radius 2 is 2.13 bits per heavy atom. The molecule has 0 spiro atoms. The number of hydrogen-bond acceptors (Lipinski definition) is 4. The number of ether oxygens (including phenoxy) is 1. The summed E-state index contributed by atoms with van der Waals surface area (Å²) < 4.78 is 4.49. The van der Waals surface area contributed by atoms with Crippen LogP contribution in [0.1, 0.15) is 6.92 Å². The quantitative estimate of drug-likeness (QED) is 0.668. The standard InChI is InChI=1S/C9H13NO5/c1-5-3-10(9(14)15-2)4-6(7(5)11)8(12)13/h5,11H,3-4H2,1-2H3,(H,12,13). The number of carboxylic acids is 1. The molecule has 0 radical (unpaired) electrons. The van der Waals surface area contributed by atoms with Gasteiger partial charge in [-0.25, -0.2) is 9.59 Å². The Bertz CT molecular complexity index is 322. The van der Waals surface area contributed by atoms with Crippen LogP contribution in [0.25, 0.3) is 0 Å². The zero-order valence-corrected chi connectivity index (χ0v) is 8.56. The summed E-state index contributed by atoms with van der Waals surface area (Å²) in [5.74, 6) is -1.76. The number of carboxylic acid groups (broad SMARTS) is 1. The van der Waals surface area contributed by atoms with Crippen LogP contribution in [-0.2, 0) is 9.53 Å². The zero-order chi connectivity index (χ0) is 11.6. The highest BCUT2D eigenvalue weighted by Crippen LogP contribution is 2.21. The molecular formula is C9H13NO5. The number of aliphatic hydroxyl groups excluding tert-OH is 1. The van der Waals surface area contributed by atoms with Crippen LogP contribution in [0.2, 0.25) is 0 Å². The molecule has 15 heavy (non-hydrogen) atoms. The van der Waals surface area contributed by atoms with Gasteiger partial charge in [-0.2, -0.15) is 0 Å². The van der Waals surface area contributed by atoms with E-state index in [1.54, 1.807) is 6.92 Å². The van der Waals surface area contributed by atoms with E-state index in [1.165, 1.54) is 12.0 Å². The van der Waals surface area contributed by atoms with Crippen molar-refractivity contribution in [3.8, 4) is 0 Å². The molecule has 0 saturated heterocycles. The summed E-state index contributed by atoms with van der Waals surface area (Å²) in [5.41, 5.74) is -0.154. The van der Waals surface area contributed by atoms with Crippen molar-refractivity contribution in [2.75, 3.05) is 20.2 Å². The van der Waals surface area contributed by atoms with E-state index >= 15 is 0 Å². The average molecular weight is 215 g/mol. The molecule has 0 aromatic heterocycles. The number of aliphatic carboxylic acids is 1. The Kier molecular flexibility index (Phi) is 3.18. The first-order valence-electron chi connectivity index (χ1n) is 4.45. The third kappa shape index (κ3) is 2.20. The molecule has 6 heteroatoms. The smallest absolute Gasteiger partial charge is 0.409 e. The van der Waals surface area contributed by atoms with Crippen LogP contribution in [0.5, 0.6) is 0 Å². The Morgan fingerprint density at radius 1 is 1.53 bits per heavy atom. The minimum atomic E-state index is -1.21. The molecule has 6 nitrogen and oxygen atoms in total. The second kappa shape index (κ2) is 4.20. The summed E-state index contributed by atoms with van der Waals surface area (Å²) in [6.07, 6.45) is -0.590. The lowest BCUT2D eigenvalue weighted by molar-refractivity contribution is -0.133. The van der Waals surface area contributed by atoms with E-state index in [2.05, 4.69) is 4.74 Å². The molecule has 2 N–H and O–H groups in total. The van der Waals surface area contributed by atoms with Crippen molar-refractivity contribution in [2.45, 2.75) is 6.92 Å². The van der Waals surface area contributed by atoms with Gasteiger partial charge < -0.3 is 19.8 Å². The molecule has 1 heterocycles. The van der Waals surface area contributed by atoms with E-state index in [0.29, 0.717) is 0 Å². The number of rotatable bonds is 1. The third-order valence-electron chi connectivity index (χ3n) is 2.31. The van der Waals surface area contributed by atoms with Crippen LogP contribution in [0.15, 0.2) is 11.3 Å². The van der Waals surface area contributed by atoms with E-state index in [0.717, 1.165) is 0 Å². The van der Waals surface area contributed by atoms with Crippen molar-refractivity contribution in [1.82, 2.24) is 4.90 Å². The summed E-state index contributed by atoms with van der Waals surface area (Å²) in [6.45, 7) is 1.78. The van der Waals surface area contributed by atoms with E-state index in [9.17, 15) is 14.7 Å². The van der Waals surface area contributed by atoms with Crippen LogP contribution in [0.4, 0.5) is 4.79 Å². The summed E-state index contributed by atoms with van der Waals surface area (Å²) in [4.78, 5) is 23.2. The Morgan fingerprint density at radius 3 is 2.60 bits per heavy atom. The molecule has 0 aromatic carbocycles. The van der Waals surface area contributed by atoms with Crippen LogP contribution in [0.3, 0.4) is 0 Å². The Hall–Kier alpha value is -1.72. The third-order valence-corrected chi connectivity index (χ3v) is 2.31. The number of hydrogen-bond donors (Lipinski definition) is 2. The molecule has 1 atom stereocenters. The summed E-state index contributed by atoms with van der Waals surface area (Å²) >= 11 is 0. The lowest BCUT2D eigenvalue weighted by Gasteiger charge is -2.29. The second-order valence-electron chi connectivity index (χ2n) is 3.42. The van der Waals surface area contributed by atoms with Gasteiger partial charge in [-0.15, -0.1) is 0 Å². The maximum absolute atomic E-state index is 11.2. The maximum atomic E-state index is 11.2. The van der Waals surface area contributed by atoms with Crippen molar-refractivity contribution in [2.24, 2.45) is 5.92 Å². The highest BCUT2D eigenvalue weighted by Gasteiger charge is 2.31. The highest BCUT2D eigenvalue weighted by atomic mass is 16.5. The van der Waals surface area contributed by atoms with Crippen LogP contribution in [0, 0.1) is 5.92 Å². The molecule has 84 valence electrons. The van der Waals surface area contributed by atoms with Gasteiger partial charge in [-0.1, -0.05) is 6.92 Å². The molecule has 0 aromatic rings. The molecule has 1 rings (SSSR count). The lowest BCUT2D eigenvalue weighted by Crippen LogP contribution is -2.42. The van der Waals surface area contributed by atoms with E-state index in [-0.39, 0.29) is 30.3 Å². The highest BCUT2D eigenvalue weighted by molar-refractivity contribution is 5.88. The van der Waals surface area contributed by atoms with Crippen LogP contribution < -0.4 is 0 Å². The van der Waals surface area contributed by atoms with Crippen molar-refractivity contribution in [3.05, 3.63) is 11.3 Å². The van der Waals surface area contributed by atoms with Gasteiger partial charge in [-0.3, -0.25) is 0 Å². The fourth-order valence-electron chi connectivity index (χ4n) is 1.50. The zero-order valence-electron chi connectivity index (χ0n) is 8.56. The van der Waals surface area contributed by atoms with Crippen molar-refractivity contribution in [1.29, 1.82) is 0 Å². The summed E-state index contributed by atoms with van der Waals surface area (Å²) in [7, 11) is 1.23. The molecule has 0 fully saturated rings. The molecular weight excluding hydrogens is 202 g/mol. The largest absolute Gasteiger partial charge is 0.511 e. The number of aliphatic hydroxyl groups is 1. The minimum Gasteiger partial charge on any atom is -0.511 e. The summed E-state index contributed by atoms with van der Waals surface area (Å²) in [5, 5.41) is 18.3. The predicted molar refractivity (Wildman–Crippen MR) is 50.4 cm³/mol. The SMILES string of the molecule is COC(=O)N1CC(C(=O)O)=C(O)C(C)C1. The lowest BCUT2D eigenvalue weighted by atomic mass is 9.99. The maximum Gasteiger partial charge on any atom is 0.409 e. The van der Waals surface area contributed by atoms with Crippen molar-refractivity contribution in [3.63, 3.8) is 0 Å². The fraction of sp³-hybridized carbons (Fsp3) is 0.556. The van der Waals surface area contributed by atoms with E-state index in [4.69, 9.17) is 5.11 Å².